The molecular formula is C16H25N3O. The van der Waals surface area contributed by atoms with E-state index < -0.39 is 0 Å². The molecule has 0 bridgehead atoms. The molecule has 4 nitrogen and oxygen atoms in total. The lowest BCUT2D eigenvalue weighted by molar-refractivity contribution is -0.0752. The number of aromatic nitrogens is 2. The van der Waals surface area contributed by atoms with Crippen molar-refractivity contribution in [1.29, 1.82) is 0 Å². The molecule has 1 atom stereocenters. The maximum Gasteiger partial charge on any atom is 0.135 e. The molecule has 0 saturated carbocycles. The summed E-state index contributed by atoms with van der Waals surface area (Å²) < 4.78 is 6.01. The Kier molecular flexibility index (Phi) is 3.67. The van der Waals surface area contributed by atoms with E-state index in [1.165, 1.54) is 30.5 Å². The molecule has 0 N–H and O–H groups in total. The zero-order valence-corrected chi connectivity index (χ0v) is 12.9. The van der Waals surface area contributed by atoms with Gasteiger partial charge in [0.05, 0.1) is 11.7 Å². The third kappa shape index (κ3) is 2.80. The van der Waals surface area contributed by atoms with Crippen molar-refractivity contribution in [3.05, 3.63) is 17.6 Å². The summed E-state index contributed by atoms with van der Waals surface area (Å²) >= 11 is 0. The van der Waals surface area contributed by atoms with Crippen molar-refractivity contribution in [3.8, 4) is 0 Å². The molecule has 0 aromatic carbocycles. The van der Waals surface area contributed by atoms with Crippen LogP contribution in [0.25, 0.3) is 0 Å². The van der Waals surface area contributed by atoms with Crippen molar-refractivity contribution in [2.75, 3.05) is 18.0 Å². The van der Waals surface area contributed by atoms with E-state index in [2.05, 4.69) is 35.6 Å². The first-order chi connectivity index (χ1) is 9.55. The lowest BCUT2D eigenvalue weighted by Crippen LogP contribution is -2.52. The van der Waals surface area contributed by atoms with Crippen LogP contribution in [0.3, 0.4) is 0 Å². The van der Waals surface area contributed by atoms with Crippen LogP contribution in [0.5, 0.6) is 0 Å². The van der Waals surface area contributed by atoms with Gasteiger partial charge in [0.25, 0.3) is 0 Å². The van der Waals surface area contributed by atoms with Crippen molar-refractivity contribution in [2.24, 2.45) is 0 Å². The third-order valence-electron chi connectivity index (χ3n) is 4.22. The van der Waals surface area contributed by atoms with E-state index in [0.29, 0.717) is 0 Å². The minimum atomic E-state index is -0.111. The summed E-state index contributed by atoms with van der Waals surface area (Å²) in [6, 6.07) is 0. The fraction of sp³-hybridized carbons (Fsp3) is 0.750. The quantitative estimate of drug-likeness (QED) is 0.739. The Hall–Kier alpha value is -1.16. The molecule has 1 aliphatic heterocycles. The van der Waals surface area contributed by atoms with Crippen LogP contribution < -0.4 is 4.90 Å². The Morgan fingerprint density at radius 2 is 2.00 bits per heavy atom. The average molecular weight is 275 g/mol. The van der Waals surface area contributed by atoms with Crippen LogP contribution in [-0.4, -0.2) is 34.8 Å². The molecular weight excluding hydrogens is 250 g/mol. The highest BCUT2D eigenvalue weighted by molar-refractivity contribution is 5.50. The Morgan fingerprint density at radius 1 is 1.20 bits per heavy atom. The first kappa shape index (κ1) is 13.8. The van der Waals surface area contributed by atoms with Gasteiger partial charge in [-0.15, -0.1) is 0 Å². The van der Waals surface area contributed by atoms with Crippen molar-refractivity contribution < 1.29 is 4.74 Å². The fourth-order valence-corrected chi connectivity index (χ4v) is 3.57. The van der Waals surface area contributed by atoms with Gasteiger partial charge in [-0.25, -0.2) is 9.97 Å². The SMILES string of the molecule is CC1CN(c2ncnc3c2CCCCC3)CC(C)(C)O1. The fourth-order valence-electron chi connectivity index (χ4n) is 3.57. The summed E-state index contributed by atoms with van der Waals surface area (Å²) in [6.07, 6.45) is 8.04. The summed E-state index contributed by atoms with van der Waals surface area (Å²) in [7, 11) is 0. The first-order valence-electron chi connectivity index (χ1n) is 7.81. The van der Waals surface area contributed by atoms with Crippen molar-refractivity contribution in [2.45, 2.75) is 64.6 Å². The summed E-state index contributed by atoms with van der Waals surface area (Å²) in [5.74, 6) is 1.15. The number of aryl methyl sites for hydroxylation is 1. The van der Waals surface area contributed by atoms with Crippen LogP contribution in [0.4, 0.5) is 5.82 Å². The Morgan fingerprint density at radius 3 is 2.80 bits per heavy atom. The minimum absolute atomic E-state index is 0.111. The summed E-state index contributed by atoms with van der Waals surface area (Å²) in [5.41, 5.74) is 2.54. The highest BCUT2D eigenvalue weighted by atomic mass is 16.5. The number of morpholine rings is 1. The molecule has 0 spiro atoms. The molecule has 1 fully saturated rings. The number of rotatable bonds is 1. The maximum atomic E-state index is 6.01. The van der Waals surface area contributed by atoms with Crippen LogP contribution in [0.1, 0.15) is 51.3 Å². The number of fused-ring (bicyclic) bond motifs is 1. The summed E-state index contributed by atoms with van der Waals surface area (Å²) in [6.45, 7) is 8.30. The van der Waals surface area contributed by atoms with E-state index in [9.17, 15) is 0 Å². The predicted octanol–water partition coefficient (Wildman–Crippen LogP) is 2.75. The molecule has 20 heavy (non-hydrogen) atoms. The molecule has 1 saturated heterocycles. The van der Waals surface area contributed by atoms with Gasteiger partial charge in [-0.3, -0.25) is 0 Å². The van der Waals surface area contributed by atoms with Gasteiger partial charge in [0.1, 0.15) is 12.1 Å². The standard InChI is InChI=1S/C16H25N3O/c1-12-9-19(10-16(2,3)20-12)15-13-7-5-4-6-8-14(13)17-11-18-15/h11-12H,4-10H2,1-3H3. The van der Waals surface area contributed by atoms with Crippen LogP contribution >= 0.6 is 0 Å². The average Bonchev–Trinajstić information content (AvgIpc) is 2.60. The lowest BCUT2D eigenvalue weighted by atomic mass is 10.0. The molecule has 1 aromatic rings. The van der Waals surface area contributed by atoms with Gasteiger partial charge in [0.15, 0.2) is 0 Å². The number of ether oxygens (including phenoxy) is 1. The Bertz CT molecular complexity index is 487. The second kappa shape index (κ2) is 5.32. The van der Waals surface area contributed by atoms with Gasteiger partial charge >= 0.3 is 0 Å². The maximum absolute atomic E-state index is 6.01. The third-order valence-corrected chi connectivity index (χ3v) is 4.22. The minimum Gasteiger partial charge on any atom is -0.369 e. The second-order valence-corrected chi connectivity index (χ2v) is 6.75. The summed E-state index contributed by atoms with van der Waals surface area (Å²) in [4.78, 5) is 11.5. The Labute approximate surface area is 121 Å². The molecule has 1 aromatic heterocycles. The van der Waals surface area contributed by atoms with Gasteiger partial charge in [-0.2, -0.15) is 0 Å². The van der Waals surface area contributed by atoms with Gasteiger partial charge in [-0.1, -0.05) is 6.42 Å². The number of anilines is 1. The van der Waals surface area contributed by atoms with Crippen molar-refractivity contribution >= 4 is 5.82 Å². The van der Waals surface area contributed by atoms with Crippen molar-refractivity contribution in [3.63, 3.8) is 0 Å². The zero-order valence-electron chi connectivity index (χ0n) is 12.9. The van der Waals surface area contributed by atoms with E-state index in [-0.39, 0.29) is 11.7 Å². The molecule has 2 heterocycles. The smallest absolute Gasteiger partial charge is 0.135 e. The van der Waals surface area contributed by atoms with Gasteiger partial charge in [0, 0.05) is 24.3 Å². The van der Waals surface area contributed by atoms with E-state index >= 15 is 0 Å². The summed E-state index contributed by atoms with van der Waals surface area (Å²) in [5, 5.41) is 0. The van der Waals surface area contributed by atoms with E-state index in [1.54, 1.807) is 6.33 Å². The zero-order chi connectivity index (χ0) is 14.2. The largest absolute Gasteiger partial charge is 0.369 e. The van der Waals surface area contributed by atoms with Crippen LogP contribution in [0, 0.1) is 0 Å². The second-order valence-electron chi connectivity index (χ2n) is 6.75. The van der Waals surface area contributed by atoms with Crippen molar-refractivity contribution in [1.82, 2.24) is 9.97 Å². The van der Waals surface area contributed by atoms with Crippen LogP contribution in [0.15, 0.2) is 6.33 Å². The molecule has 110 valence electrons. The lowest BCUT2D eigenvalue weighted by Gasteiger charge is -2.42. The van der Waals surface area contributed by atoms with E-state index in [4.69, 9.17) is 4.74 Å². The molecule has 0 radical (unpaired) electrons. The van der Waals surface area contributed by atoms with Crippen LogP contribution in [0.2, 0.25) is 0 Å². The van der Waals surface area contributed by atoms with Gasteiger partial charge in [0.2, 0.25) is 0 Å². The van der Waals surface area contributed by atoms with E-state index in [0.717, 1.165) is 31.7 Å². The molecule has 4 heteroatoms. The molecule has 3 rings (SSSR count). The number of nitrogens with zero attached hydrogens (tertiary/aromatic N) is 3. The van der Waals surface area contributed by atoms with Gasteiger partial charge in [-0.05, 0) is 46.5 Å². The van der Waals surface area contributed by atoms with Gasteiger partial charge < -0.3 is 9.64 Å². The Balaban J connectivity index is 1.93. The molecule has 1 unspecified atom stereocenters. The molecule has 2 aliphatic rings. The molecule has 1 aliphatic carbocycles. The monoisotopic (exact) mass is 275 g/mol. The van der Waals surface area contributed by atoms with Crippen LogP contribution in [-0.2, 0) is 17.6 Å². The van der Waals surface area contributed by atoms with E-state index in [1.807, 2.05) is 0 Å². The normalized spacial score (nSPS) is 25.9. The highest BCUT2D eigenvalue weighted by Gasteiger charge is 2.33. The first-order valence-corrected chi connectivity index (χ1v) is 7.81. The number of hydrogen-bond donors (Lipinski definition) is 0. The molecule has 0 amide bonds. The number of hydrogen-bond acceptors (Lipinski definition) is 4. The topological polar surface area (TPSA) is 38.2 Å². The predicted molar refractivity (Wildman–Crippen MR) is 80.1 cm³/mol. The highest BCUT2D eigenvalue weighted by Crippen LogP contribution is 2.30.